The van der Waals surface area contributed by atoms with Crippen molar-refractivity contribution in [1.82, 2.24) is 4.90 Å². The molecule has 0 aliphatic carbocycles. The summed E-state index contributed by atoms with van der Waals surface area (Å²) in [5.41, 5.74) is 6.21. The number of nitrogens with one attached hydrogen (secondary N) is 1. The first-order valence-electron chi connectivity index (χ1n) is 6.51. The lowest BCUT2D eigenvalue weighted by molar-refractivity contribution is -0.137. The van der Waals surface area contributed by atoms with Crippen LogP contribution in [0.5, 0.6) is 0 Å². The first kappa shape index (κ1) is 13.4. The zero-order valence-corrected chi connectivity index (χ0v) is 11.0. The van der Waals surface area contributed by atoms with Gasteiger partial charge in [-0.3, -0.25) is 9.59 Å². The number of anilines is 1. The third-order valence-electron chi connectivity index (χ3n) is 3.39. The standard InChI is InChI=1S/C14H19N3O2/c1-10(16-11-6-3-2-4-7-11)14(19)17-9-5-8-12(17)13(15)18/h2-4,6-7,10,12,16H,5,8-9H2,1H3,(H2,15,18)/t10-,12-/m0/s1. The zero-order chi connectivity index (χ0) is 13.8. The number of primary amides is 1. The molecule has 3 N–H and O–H groups in total. The average molecular weight is 261 g/mol. The number of hydrogen-bond acceptors (Lipinski definition) is 3. The summed E-state index contributed by atoms with van der Waals surface area (Å²) in [7, 11) is 0. The summed E-state index contributed by atoms with van der Waals surface area (Å²) in [4.78, 5) is 25.2. The Kier molecular flexibility index (Phi) is 4.04. The van der Waals surface area contributed by atoms with Gasteiger partial charge in [-0.05, 0) is 31.9 Å². The first-order valence-corrected chi connectivity index (χ1v) is 6.51. The molecule has 5 nitrogen and oxygen atoms in total. The van der Waals surface area contributed by atoms with E-state index in [1.165, 1.54) is 0 Å². The lowest BCUT2D eigenvalue weighted by atomic mass is 10.2. The fourth-order valence-electron chi connectivity index (χ4n) is 2.42. The Bertz CT molecular complexity index is 461. The van der Waals surface area contributed by atoms with Crippen LogP contribution in [-0.4, -0.2) is 35.3 Å². The molecule has 0 unspecified atom stereocenters. The lowest BCUT2D eigenvalue weighted by Gasteiger charge is -2.26. The van der Waals surface area contributed by atoms with Gasteiger partial charge in [0.05, 0.1) is 0 Å². The van der Waals surface area contributed by atoms with Crippen LogP contribution in [0.3, 0.4) is 0 Å². The summed E-state index contributed by atoms with van der Waals surface area (Å²) in [5.74, 6) is -0.497. The third kappa shape index (κ3) is 3.05. The molecule has 1 aliphatic heterocycles. The maximum Gasteiger partial charge on any atom is 0.245 e. The van der Waals surface area contributed by atoms with Crippen LogP contribution in [-0.2, 0) is 9.59 Å². The van der Waals surface area contributed by atoms with E-state index >= 15 is 0 Å². The molecular weight excluding hydrogens is 242 g/mol. The quantitative estimate of drug-likeness (QED) is 0.847. The van der Waals surface area contributed by atoms with Crippen LogP contribution < -0.4 is 11.1 Å². The highest BCUT2D eigenvalue weighted by Crippen LogP contribution is 2.19. The Labute approximate surface area is 112 Å². The highest BCUT2D eigenvalue weighted by molar-refractivity contribution is 5.90. The number of rotatable bonds is 4. The lowest BCUT2D eigenvalue weighted by Crippen LogP contribution is -2.48. The largest absolute Gasteiger partial charge is 0.374 e. The number of hydrogen-bond donors (Lipinski definition) is 2. The van der Waals surface area contributed by atoms with Gasteiger partial charge in [-0.15, -0.1) is 0 Å². The van der Waals surface area contributed by atoms with Crippen molar-refractivity contribution in [3.8, 4) is 0 Å². The SMILES string of the molecule is C[C@H](Nc1ccccc1)C(=O)N1CCC[C@H]1C(N)=O. The number of carbonyl (C=O) groups excluding carboxylic acids is 2. The number of likely N-dealkylation sites (tertiary alicyclic amines) is 1. The molecular formula is C14H19N3O2. The monoisotopic (exact) mass is 261 g/mol. The van der Waals surface area contributed by atoms with Crippen LogP contribution in [0.15, 0.2) is 30.3 Å². The van der Waals surface area contributed by atoms with Crippen molar-refractivity contribution in [2.45, 2.75) is 31.8 Å². The molecule has 5 heteroatoms. The number of para-hydroxylation sites is 1. The fraction of sp³-hybridized carbons (Fsp3) is 0.429. The van der Waals surface area contributed by atoms with Crippen LogP contribution in [0, 0.1) is 0 Å². The second-order valence-corrected chi connectivity index (χ2v) is 4.82. The summed E-state index contributed by atoms with van der Waals surface area (Å²) in [6, 6.07) is 8.71. The van der Waals surface area contributed by atoms with Crippen molar-refractivity contribution in [1.29, 1.82) is 0 Å². The molecule has 1 fully saturated rings. The van der Waals surface area contributed by atoms with Crippen molar-refractivity contribution >= 4 is 17.5 Å². The maximum absolute atomic E-state index is 12.3. The Morgan fingerprint density at radius 2 is 2.05 bits per heavy atom. The van der Waals surface area contributed by atoms with Crippen molar-refractivity contribution in [3.05, 3.63) is 30.3 Å². The third-order valence-corrected chi connectivity index (χ3v) is 3.39. The topological polar surface area (TPSA) is 75.4 Å². The minimum Gasteiger partial charge on any atom is -0.374 e. The van der Waals surface area contributed by atoms with E-state index in [0.29, 0.717) is 13.0 Å². The molecule has 1 aromatic carbocycles. The van der Waals surface area contributed by atoms with E-state index in [1.54, 1.807) is 11.8 Å². The highest BCUT2D eigenvalue weighted by atomic mass is 16.2. The van der Waals surface area contributed by atoms with Gasteiger partial charge >= 0.3 is 0 Å². The number of nitrogens with zero attached hydrogens (tertiary/aromatic N) is 1. The smallest absolute Gasteiger partial charge is 0.245 e. The molecule has 102 valence electrons. The van der Waals surface area contributed by atoms with Gasteiger partial charge in [0, 0.05) is 12.2 Å². The fourth-order valence-corrected chi connectivity index (χ4v) is 2.42. The Morgan fingerprint density at radius 1 is 1.37 bits per heavy atom. The molecule has 1 aromatic rings. The van der Waals surface area contributed by atoms with Crippen molar-refractivity contribution in [2.75, 3.05) is 11.9 Å². The second kappa shape index (κ2) is 5.73. The number of carbonyl (C=O) groups is 2. The molecule has 1 aliphatic rings. The van der Waals surface area contributed by atoms with Crippen LogP contribution in [0.25, 0.3) is 0 Å². The summed E-state index contributed by atoms with van der Waals surface area (Å²) in [6.07, 6.45) is 1.50. The van der Waals surface area contributed by atoms with Gasteiger partial charge in [0.25, 0.3) is 0 Å². The molecule has 0 saturated carbocycles. The van der Waals surface area contributed by atoms with E-state index in [9.17, 15) is 9.59 Å². The minimum atomic E-state index is -0.451. The maximum atomic E-state index is 12.3. The van der Waals surface area contributed by atoms with Gasteiger partial charge in [-0.1, -0.05) is 18.2 Å². The summed E-state index contributed by atoms with van der Waals surface area (Å²) >= 11 is 0. The van der Waals surface area contributed by atoms with Gasteiger partial charge < -0.3 is 16.0 Å². The van der Waals surface area contributed by atoms with Gasteiger partial charge in [0.1, 0.15) is 12.1 Å². The van der Waals surface area contributed by atoms with Crippen molar-refractivity contribution < 1.29 is 9.59 Å². The Morgan fingerprint density at radius 3 is 2.68 bits per heavy atom. The van der Waals surface area contributed by atoms with Gasteiger partial charge in [-0.2, -0.15) is 0 Å². The Hall–Kier alpha value is -2.04. The summed E-state index contributed by atoms with van der Waals surface area (Å²) in [5, 5.41) is 3.13. The summed E-state index contributed by atoms with van der Waals surface area (Å²) < 4.78 is 0. The van der Waals surface area contributed by atoms with Crippen LogP contribution in [0.1, 0.15) is 19.8 Å². The normalized spacial score (nSPS) is 20.1. The number of nitrogens with two attached hydrogens (primary N) is 1. The molecule has 1 heterocycles. The van der Waals surface area contributed by atoms with E-state index in [2.05, 4.69) is 5.32 Å². The number of benzene rings is 1. The van der Waals surface area contributed by atoms with Crippen molar-refractivity contribution in [3.63, 3.8) is 0 Å². The molecule has 0 bridgehead atoms. The molecule has 1 saturated heterocycles. The second-order valence-electron chi connectivity index (χ2n) is 4.82. The molecule has 0 spiro atoms. The predicted octanol–water partition coefficient (Wildman–Crippen LogP) is 0.963. The van der Waals surface area contributed by atoms with Gasteiger partial charge in [-0.25, -0.2) is 0 Å². The molecule has 19 heavy (non-hydrogen) atoms. The van der Waals surface area contributed by atoms with Crippen LogP contribution >= 0.6 is 0 Å². The van der Waals surface area contributed by atoms with E-state index in [4.69, 9.17) is 5.73 Å². The van der Waals surface area contributed by atoms with Gasteiger partial charge in [0.15, 0.2) is 0 Å². The number of amides is 2. The predicted molar refractivity (Wildman–Crippen MR) is 73.5 cm³/mol. The van der Waals surface area contributed by atoms with Crippen molar-refractivity contribution in [2.24, 2.45) is 5.73 Å². The van der Waals surface area contributed by atoms with E-state index in [-0.39, 0.29) is 11.9 Å². The summed E-state index contributed by atoms with van der Waals surface area (Å²) in [6.45, 7) is 2.40. The van der Waals surface area contributed by atoms with E-state index in [0.717, 1.165) is 12.1 Å². The Balaban J connectivity index is 2.01. The van der Waals surface area contributed by atoms with Gasteiger partial charge in [0.2, 0.25) is 11.8 Å². The van der Waals surface area contributed by atoms with E-state index in [1.807, 2.05) is 30.3 Å². The first-order chi connectivity index (χ1) is 9.09. The molecule has 0 aromatic heterocycles. The van der Waals surface area contributed by atoms with E-state index < -0.39 is 11.9 Å². The molecule has 2 rings (SSSR count). The van der Waals surface area contributed by atoms with Crippen LogP contribution in [0.4, 0.5) is 5.69 Å². The minimum absolute atomic E-state index is 0.0786. The van der Waals surface area contributed by atoms with Crippen LogP contribution in [0.2, 0.25) is 0 Å². The molecule has 0 radical (unpaired) electrons. The molecule has 2 amide bonds. The molecule has 2 atom stereocenters. The average Bonchev–Trinajstić information content (AvgIpc) is 2.88. The highest BCUT2D eigenvalue weighted by Gasteiger charge is 2.34. The zero-order valence-electron chi connectivity index (χ0n) is 11.0.